The zero-order chi connectivity index (χ0) is 5.70. The van der Waals surface area contributed by atoms with Gasteiger partial charge in [-0.25, -0.2) is 0 Å². The predicted molar refractivity (Wildman–Crippen MR) is 26.5 cm³/mol. The summed E-state index contributed by atoms with van der Waals surface area (Å²) in [5.41, 5.74) is 0. The molecule has 0 aliphatic rings. The molecule has 1 atom stereocenters. The summed E-state index contributed by atoms with van der Waals surface area (Å²) in [6.07, 6.45) is 0.407. The molecule has 0 aliphatic carbocycles. The van der Waals surface area contributed by atoms with Crippen LogP contribution in [0.15, 0.2) is 0 Å². The van der Waals surface area contributed by atoms with Crippen LogP contribution in [-0.4, -0.2) is 29.1 Å². The summed E-state index contributed by atoms with van der Waals surface area (Å²) < 4.78 is 0. The SMILES string of the molecule is N=CC(O)CCO. The first-order valence-electron chi connectivity index (χ1n) is 2.10. The maximum absolute atomic E-state index is 8.45. The number of rotatable bonds is 3. The maximum atomic E-state index is 8.45. The second kappa shape index (κ2) is 3.77. The molecule has 3 nitrogen and oxygen atoms in total. The quantitative estimate of drug-likeness (QED) is 0.417. The normalized spacial score (nSPS) is 13.4. The van der Waals surface area contributed by atoms with E-state index in [2.05, 4.69) is 0 Å². The van der Waals surface area contributed by atoms with Crippen LogP contribution in [0.5, 0.6) is 0 Å². The van der Waals surface area contributed by atoms with Gasteiger partial charge in [0.15, 0.2) is 0 Å². The van der Waals surface area contributed by atoms with E-state index in [1.165, 1.54) is 0 Å². The van der Waals surface area contributed by atoms with Crippen LogP contribution in [0.25, 0.3) is 0 Å². The molecular formula is C4H9NO2. The molecule has 0 radical (unpaired) electrons. The molecule has 0 aromatic carbocycles. The molecule has 7 heavy (non-hydrogen) atoms. The van der Waals surface area contributed by atoms with Gasteiger partial charge in [-0.3, -0.25) is 0 Å². The van der Waals surface area contributed by atoms with Gasteiger partial charge in [0, 0.05) is 19.2 Å². The van der Waals surface area contributed by atoms with E-state index < -0.39 is 6.10 Å². The Kier molecular flexibility index (Phi) is 3.55. The molecule has 0 rings (SSSR count). The van der Waals surface area contributed by atoms with Crippen LogP contribution in [-0.2, 0) is 0 Å². The fourth-order valence-corrected chi connectivity index (χ4v) is 0.216. The Morgan fingerprint density at radius 2 is 2.29 bits per heavy atom. The topological polar surface area (TPSA) is 64.3 Å². The summed E-state index contributed by atoms with van der Waals surface area (Å²) >= 11 is 0. The third-order valence-corrected chi connectivity index (χ3v) is 0.617. The molecule has 0 amide bonds. The Labute approximate surface area is 42.1 Å². The van der Waals surface area contributed by atoms with Gasteiger partial charge in [-0.05, 0) is 0 Å². The minimum atomic E-state index is -0.759. The van der Waals surface area contributed by atoms with E-state index >= 15 is 0 Å². The van der Waals surface area contributed by atoms with Crippen LogP contribution < -0.4 is 0 Å². The molecule has 0 spiro atoms. The molecular weight excluding hydrogens is 94.0 g/mol. The van der Waals surface area contributed by atoms with Crippen molar-refractivity contribution in [1.82, 2.24) is 0 Å². The van der Waals surface area contributed by atoms with Crippen molar-refractivity contribution >= 4 is 6.21 Å². The minimum Gasteiger partial charge on any atom is -0.396 e. The molecule has 42 valence electrons. The average molecular weight is 103 g/mol. The van der Waals surface area contributed by atoms with Crippen molar-refractivity contribution in [3.8, 4) is 0 Å². The Hall–Kier alpha value is -0.410. The highest BCUT2D eigenvalue weighted by molar-refractivity contribution is 5.58. The zero-order valence-corrected chi connectivity index (χ0v) is 3.96. The van der Waals surface area contributed by atoms with E-state index in [-0.39, 0.29) is 13.0 Å². The second-order valence-electron chi connectivity index (χ2n) is 1.25. The molecule has 1 unspecified atom stereocenters. The Morgan fingerprint density at radius 1 is 1.71 bits per heavy atom. The zero-order valence-electron chi connectivity index (χ0n) is 3.96. The van der Waals surface area contributed by atoms with E-state index in [1.807, 2.05) is 0 Å². The van der Waals surface area contributed by atoms with Crippen LogP contribution >= 0.6 is 0 Å². The van der Waals surface area contributed by atoms with Gasteiger partial charge < -0.3 is 15.6 Å². The lowest BCUT2D eigenvalue weighted by Gasteiger charge is -1.96. The average Bonchev–Trinajstić information content (AvgIpc) is 1.68. The molecule has 0 aromatic heterocycles. The van der Waals surface area contributed by atoms with E-state index in [1.54, 1.807) is 0 Å². The van der Waals surface area contributed by atoms with Crippen molar-refractivity contribution in [2.24, 2.45) is 0 Å². The van der Waals surface area contributed by atoms with Crippen molar-refractivity contribution in [3.05, 3.63) is 0 Å². The summed E-state index contributed by atoms with van der Waals surface area (Å²) in [6.45, 7) is -0.0590. The molecule has 0 saturated carbocycles. The number of aliphatic hydroxyl groups excluding tert-OH is 2. The Balaban J connectivity index is 2.98. The van der Waals surface area contributed by atoms with Gasteiger partial charge in [0.1, 0.15) is 0 Å². The summed E-state index contributed by atoms with van der Waals surface area (Å²) in [5, 5.41) is 23.0. The fraction of sp³-hybridized carbons (Fsp3) is 0.750. The fourth-order valence-electron chi connectivity index (χ4n) is 0.216. The van der Waals surface area contributed by atoms with Gasteiger partial charge in [-0.1, -0.05) is 0 Å². The lowest BCUT2D eigenvalue weighted by atomic mass is 10.3. The number of aliphatic hydroxyl groups is 2. The maximum Gasteiger partial charge on any atom is 0.0906 e. The van der Waals surface area contributed by atoms with Crippen molar-refractivity contribution in [1.29, 1.82) is 5.41 Å². The monoisotopic (exact) mass is 103 g/mol. The standard InChI is InChI=1S/C4H9NO2/c5-3-4(7)1-2-6/h3-7H,1-2H2. The van der Waals surface area contributed by atoms with E-state index in [9.17, 15) is 0 Å². The van der Waals surface area contributed by atoms with Crippen molar-refractivity contribution in [2.45, 2.75) is 12.5 Å². The number of hydrogen-bond acceptors (Lipinski definition) is 3. The van der Waals surface area contributed by atoms with Crippen LogP contribution in [0.1, 0.15) is 6.42 Å². The highest BCUT2D eigenvalue weighted by atomic mass is 16.3. The summed E-state index contributed by atoms with van der Waals surface area (Å²) in [5.74, 6) is 0. The Bertz CT molecular complexity index is 55.7. The largest absolute Gasteiger partial charge is 0.396 e. The van der Waals surface area contributed by atoms with E-state index in [0.29, 0.717) is 0 Å². The van der Waals surface area contributed by atoms with Crippen molar-refractivity contribution < 1.29 is 10.2 Å². The highest BCUT2D eigenvalue weighted by Gasteiger charge is 1.93. The van der Waals surface area contributed by atoms with Crippen LogP contribution in [0, 0.1) is 5.41 Å². The first-order chi connectivity index (χ1) is 3.31. The summed E-state index contributed by atoms with van der Waals surface area (Å²) in [4.78, 5) is 0. The predicted octanol–water partition coefficient (Wildman–Crippen LogP) is -0.621. The smallest absolute Gasteiger partial charge is 0.0906 e. The molecule has 0 saturated heterocycles. The Morgan fingerprint density at radius 3 is 2.43 bits per heavy atom. The van der Waals surface area contributed by atoms with Gasteiger partial charge in [0.05, 0.1) is 6.10 Å². The first-order valence-corrected chi connectivity index (χ1v) is 2.10. The lowest BCUT2D eigenvalue weighted by molar-refractivity contribution is 0.186. The molecule has 0 aliphatic heterocycles. The third kappa shape index (κ3) is 3.42. The van der Waals surface area contributed by atoms with Crippen LogP contribution in [0.3, 0.4) is 0 Å². The lowest BCUT2D eigenvalue weighted by Crippen LogP contribution is -2.08. The number of nitrogens with one attached hydrogen (secondary N) is 1. The first kappa shape index (κ1) is 6.59. The van der Waals surface area contributed by atoms with Gasteiger partial charge in [0.25, 0.3) is 0 Å². The summed E-state index contributed by atoms with van der Waals surface area (Å²) in [7, 11) is 0. The van der Waals surface area contributed by atoms with Gasteiger partial charge in [-0.15, -0.1) is 0 Å². The van der Waals surface area contributed by atoms with Gasteiger partial charge in [-0.2, -0.15) is 0 Å². The van der Waals surface area contributed by atoms with E-state index in [4.69, 9.17) is 15.6 Å². The molecule has 3 N–H and O–H groups in total. The molecule has 3 heteroatoms. The van der Waals surface area contributed by atoms with Crippen molar-refractivity contribution in [2.75, 3.05) is 6.61 Å². The van der Waals surface area contributed by atoms with Crippen molar-refractivity contribution in [3.63, 3.8) is 0 Å². The highest BCUT2D eigenvalue weighted by Crippen LogP contribution is 1.81. The molecule has 0 heterocycles. The summed E-state index contributed by atoms with van der Waals surface area (Å²) in [6, 6.07) is 0. The minimum absolute atomic E-state index is 0.0590. The van der Waals surface area contributed by atoms with Gasteiger partial charge in [0.2, 0.25) is 0 Å². The molecule has 0 aromatic rings. The second-order valence-corrected chi connectivity index (χ2v) is 1.25. The van der Waals surface area contributed by atoms with Crippen LogP contribution in [0.4, 0.5) is 0 Å². The van der Waals surface area contributed by atoms with E-state index in [0.717, 1.165) is 6.21 Å². The van der Waals surface area contributed by atoms with Gasteiger partial charge >= 0.3 is 0 Å². The molecule has 0 fully saturated rings. The third-order valence-electron chi connectivity index (χ3n) is 0.617. The van der Waals surface area contributed by atoms with Crippen LogP contribution in [0.2, 0.25) is 0 Å². The molecule has 0 bridgehead atoms. The number of hydrogen-bond donors (Lipinski definition) is 3.